The molecule has 0 fully saturated rings. The number of hydrazone groups is 1. The lowest BCUT2D eigenvalue weighted by Gasteiger charge is -2.10. The predicted octanol–water partition coefficient (Wildman–Crippen LogP) is 4.80. The smallest absolute Gasteiger partial charge is 0.343 e. The summed E-state index contributed by atoms with van der Waals surface area (Å²) in [5.41, 5.74) is 3.34. The molecule has 0 aliphatic carbocycles. The Balaban J connectivity index is 1.54. The van der Waals surface area contributed by atoms with Crippen LogP contribution in [0.3, 0.4) is 0 Å². The quantitative estimate of drug-likeness (QED) is 0.144. The lowest BCUT2D eigenvalue weighted by atomic mass is 10.0. The summed E-state index contributed by atoms with van der Waals surface area (Å²) in [5, 5.41) is 8.25. The molecule has 2 N–H and O–H groups in total. The van der Waals surface area contributed by atoms with Crippen molar-refractivity contribution >= 4 is 52.1 Å². The summed E-state index contributed by atoms with van der Waals surface area (Å²) in [6.07, 6.45) is 1.33. The fourth-order valence-electron chi connectivity index (χ4n) is 3.18. The third-order valence-electron chi connectivity index (χ3n) is 4.83. The highest BCUT2D eigenvalue weighted by molar-refractivity contribution is 6.41. The maximum atomic E-state index is 12.6. The number of carbonyl (C=O) groups is 3. The van der Waals surface area contributed by atoms with Crippen LogP contribution in [-0.2, 0) is 9.59 Å². The Labute approximate surface area is 200 Å². The largest absolute Gasteiger partial charge is 0.422 e. The van der Waals surface area contributed by atoms with Gasteiger partial charge in [-0.05, 0) is 41.1 Å². The Hall–Kier alpha value is -4.49. The number of ether oxygens (including phenoxy) is 1. The van der Waals surface area contributed by atoms with E-state index < -0.39 is 17.8 Å². The fourth-order valence-corrected chi connectivity index (χ4v) is 3.36. The van der Waals surface area contributed by atoms with E-state index in [0.717, 1.165) is 10.8 Å². The molecule has 168 valence electrons. The Morgan fingerprint density at radius 3 is 2.29 bits per heavy atom. The Morgan fingerprint density at radius 2 is 1.50 bits per heavy atom. The van der Waals surface area contributed by atoms with Crippen LogP contribution < -0.4 is 15.5 Å². The summed E-state index contributed by atoms with van der Waals surface area (Å²) in [7, 11) is 0. The van der Waals surface area contributed by atoms with E-state index in [1.807, 2.05) is 30.3 Å². The maximum Gasteiger partial charge on any atom is 0.343 e. The molecule has 0 aromatic heterocycles. The number of hydrogen-bond donors (Lipinski definition) is 2. The molecular formula is C26H18ClN3O4. The van der Waals surface area contributed by atoms with E-state index in [9.17, 15) is 14.4 Å². The number of amides is 2. The van der Waals surface area contributed by atoms with Crippen LogP contribution in [0.5, 0.6) is 5.75 Å². The van der Waals surface area contributed by atoms with E-state index in [2.05, 4.69) is 15.8 Å². The first-order valence-electron chi connectivity index (χ1n) is 10.2. The minimum Gasteiger partial charge on any atom is -0.422 e. The third-order valence-corrected chi connectivity index (χ3v) is 5.16. The average molecular weight is 472 g/mol. The summed E-state index contributed by atoms with van der Waals surface area (Å²) in [6.45, 7) is 0. The van der Waals surface area contributed by atoms with E-state index in [0.29, 0.717) is 21.8 Å². The lowest BCUT2D eigenvalue weighted by molar-refractivity contribution is -0.136. The molecule has 4 aromatic carbocycles. The van der Waals surface area contributed by atoms with Crippen molar-refractivity contribution in [2.45, 2.75) is 0 Å². The van der Waals surface area contributed by atoms with Gasteiger partial charge < -0.3 is 10.1 Å². The molecule has 0 unspecified atom stereocenters. The van der Waals surface area contributed by atoms with Crippen molar-refractivity contribution in [2.75, 3.05) is 5.32 Å². The van der Waals surface area contributed by atoms with Crippen molar-refractivity contribution in [1.82, 2.24) is 5.43 Å². The Morgan fingerprint density at radius 1 is 0.794 bits per heavy atom. The van der Waals surface area contributed by atoms with Crippen LogP contribution in [0.25, 0.3) is 10.8 Å². The Kier molecular flexibility index (Phi) is 6.95. The minimum atomic E-state index is -0.987. The fraction of sp³-hybridized carbons (Fsp3) is 0. The monoisotopic (exact) mass is 471 g/mol. The first kappa shape index (κ1) is 22.7. The molecule has 0 heterocycles. The molecule has 7 nitrogen and oxygen atoms in total. The van der Waals surface area contributed by atoms with Crippen molar-refractivity contribution in [2.24, 2.45) is 5.10 Å². The molecule has 0 bridgehead atoms. The number of anilines is 1. The van der Waals surface area contributed by atoms with Crippen molar-refractivity contribution in [3.63, 3.8) is 0 Å². The number of nitrogens with one attached hydrogen (secondary N) is 2. The number of fused-ring (bicyclic) bond motifs is 1. The number of benzene rings is 4. The summed E-state index contributed by atoms with van der Waals surface area (Å²) < 4.78 is 5.60. The molecule has 0 aliphatic heterocycles. The van der Waals surface area contributed by atoms with Crippen molar-refractivity contribution < 1.29 is 19.1 Å². The number of nitrogens with zero attached hydrogens (tertiary/aromatic N) is 1. The zero-order valence-electron chi connectivity index (χ0n) is 17.7. The van der Waals surface area contributed by atoms with Crippen LogP contribution in [0.4, 0.5) is 5.69 Å². The molecule has 0 saturated carbocycles. The summed E-state index contributed by atoms with van der Waals surface area (Å²) >= 11 is 6.00. The summed E-state index contributed by atoms with van der Waals surface area (Å²) in [5.74, 6) is -2.20. The van der Waals surface area contributed by atoms with Gasteiger partial charge in [0.15, 0.2) is 0 Å². The second-order valence-corrected chi connectivity index (χ2v) is 7.49. The van der Waals surface area contributed by atoms with E-state index in [1.165, 1.54) is 6.21 Å². The van der Waals surface area contributed by atoms with Crippen LogP contribution in [0.15, 0.2) is 96.1 Å². The second-order valence-electron chi connectivity index (χ2n) is 7.09. The number of esters is 1. The lowest BCUT2D eigenvalue weighted by Crippen LogP contribution is -2.32. The maximum absolute atomic E-state index is 12.6. The van der Waals surface area contributed by atoms with Crippen molar-refractivity contribution in [3.8, 4) is 5.75 Å². The Bertz CT molecular complexity index is 1400. The summed E-state index contributed by atoms with van der Waals surface area (Å²) in [6, 6.07) is 26.0. The first-order chi connectivity index (χ1) is 16.5. The molecular weight excluding hydrogens is 454 g/mol. The SMILES string of the molecule is O=C(N/N=C\c1c(OC(=O)c2ccccc2)ccc2ccccc12)C(=O)Nc1ccccc1Cl. The predicted molar refractivity (Wildman–Crippen MR) is 131 cm³/mol. The molecule has 2 amide bonds. The molecule has 0 aliphatic rings. The molecule has 0 radical (unpaired) electrons. The third kappa shape index (κ3) is 5.28. The average Bonchev–Trinajstić information content (AvgIpc) is 2.86. The van der Waals surface area contributed by atoms with Gasteiger partial charge in [0, 0.05) is 5.56 Å². The van der Waals surface area contributed by atoms with Crippen LogP contribution in [0.2, 0.25) is 5.02 Å². The van der Waals surface area contributed by atoms with Crippen LogP contribution in [-0.4, -0.2) is 24.0 Å². The van der Waals surface area contributed by atoms with Gasteiger partial charge in [-0.3, -0.25) is 9.59 Å². The van der Waals surface area contributed by atoms with Crippen LogP contribution >= 0.6 is 11.6 Å². The van der Waals surface area contributed by atoms with Gasteiger partial charge in [0.05, 0.1) is 22.5 Å². The molecule has 0 atom stereocenters. The van der Waals surface area contributed by atoms with Gasteiger partial charge in [0.2, 0.25) is 0 Å². The topological polar surface area (TPSA) is 96.9 Å². The molecule has 0 saturated heterocycles. The van der Waals surface area contributed by atoms with Gasteiger partial charge in [0.25, 0.3) is 0 Å². The van der Waals surface area contributed by atoms with E-state index in [-0.39, 0.29) is 5.75 Å². The number of hydrogen-bond acceptors (Lipinski definition) is 5. The highest BCUT2D eigenvalue weighted by Crippen LogP contribution is 2.27. The summed E-state index contributed by atoms with van der Waals surface area (Å²) in [4.78, 5) is 36.9. The molecule has 0 spiro atoms. The zero-order chi connectivity index (χ0) is 23.9. The van der Waals surface area contributed by atoms with E-state index in [1.54, 1.807) is 60.7 Å². The second kappa shape index (κ2) is 10.4. The van der Waals surface area contributed by atoms with E-state index in [4.69, 9.17) is 16.3 Å². The molecule has 4 aromatic rings. The highest BCUT2D eigenvalue weighted by atomic mass is 35.5. The molecule has 4 rings (SSSR count). The normalized spacial score (nSPS) is 10.7. The van der Waals surface area contributed by atoms with Gasteiger partial charge in [-0.25, -0.2) is 10.2 Å². The van der Waals surface area contributed by atoms with Gasteiger partial charge >= 0.3 is 17.8 Å². The van der Waals surface area contributed by atoms with Crippen molar-refractivity contribution in [3.05, 3.63) is 107 Å². The number of para-hydroxylation sites is 1. The zero-order valence-corrected chi connectivity index (χ0v) is 18.5. The van der Waals surface area contributed by atoms with Crippen molar-refractivity contribution in [1.29, 1.82) is 0 Å². The first-order valence-corrected chi connectivity index (χ1v) is 10.6. The molecule has 34 heavy (non-hydrogen) atoms. The molecule has 8 heteroatoms. The van der Waals surface area contributed by atoms with Crippen LogP contribution in [0, 0.1) is 0 Å². The number of carbonyl (C=O) groups excluding carboxylic acids is 3. The number of rotatable bonds is 5. The van der Waals surface area contributed by atoms with Gasteiger partial charge in [-0.2, -0.15) is 5.10 Å². The standard InChI is InChI=1S/C26H18ClN3O4/c27-21-12-6-7-13-22(21)29-24(31)25(32)30-28-16-20-19-11-5-4-8-17(19)14-15-23(20)34-26(33)18-9-2-1-3-10-18/h1-16H,(H,29,31)(H,30,32)/b28-16-. The van der Waals surface area contributed by atoms with Gasteiger partial charge in [-0.1, -0.05) is 72.3 Å². The van der Waals surface area contributed by atoms with Gasteiger partial charge in [0.1, 0.15) is 5.75 Å². The number of halogens is 1. The highest BCUT2D eigenvalue weighted by Gasteiger charge is 2.16. The van der Waals surface area contributed by atoms with E-state index >= 15 is 0 Å². The van der Waals surface area contributed by atoms with Crippen LogP contribution in [0.1, 0.15) is 15.9 Å². The minimum absolute atomic E-state index is 0.256. The van der Waals surface area contributed by atoms with Gasteiger partial charge in [-0.15, -0.1) is 0 Å².